The van der Waals surface area contributed by atoms with Crippen molar-refractivity contribution in [3.63, 3.8) is 0 Å². The molecule has 0 amide bonds. The molecule has 26 heavy (non-hydrogen) atoms. The minimum Gasteiger partial charge on any atom is -0.462 e. The van der Waals surface area contributed by atoms with E-state index in [1.54, 1.807) is 29.7 Å². The van der Waals surface area contributed by atoms with Gasteiger partial charge in [-0.15, -0.1) is 0 Å². The van der Waals surface area contributed by atoms with Gasteiger partial charge in [0.15, 0.2) is 0 Å². The number of carbonyl (C=O) groups excluding carboxylic acids is 1. The Bertz CT molecular complexity index is 1060. The van der Waals surface area contributed by atoms with Crippen LogP contribution in [0.4, 0.5) is 4.39 Å². The molecular weight excluding hydrogens is 380 g/mol. The van der Waals surface area contributed by atoms with Gasteiger partial charge in [-0.05, 0) is 36.8 Å². The third-order valence-corrected chi connectivity index (χ3v) is 4.38. The van der Waals surface area contributed by atoms with Crippen LogP contribution >= 0.6 is 23.2 Å². The first kappa shape index (κ1) is 18.4. The highest BCUT2D eigenvalue weighted by molar-refractivity contribution is 6.31. The van der Waals surface area contributed by atoms with Gasteiger partial charge in [0.05, 0.1) is 17.1 Å². The van der Waals surface area contributed by atoms with Gasteiger partial charge in [-0.1, -0.05) is 35.3 Å². The van der Waals surface area contributed by atoms with Crippen LogP contribution in [0.25, 0.3) is 10.9 Å². The van der Waals surface area contributed by atoms with Crippen LogP contribution in [0, 0.1) is 5.82 Å². The third-order valence-electron chi connectivity index (χ3n) is 3.86. The van der Waals surface area contributed by atoms with Gasteiger partial charge in [-0.3, -0.25) is 4.79 Å². The molecule has 1 heterocycles. The molecule has 0 spiro atoms. The van der Waals surface area contributed by atoms with E-state index in [1.807, 2.05) is 6.07 Å². The Balaban J connectivity index is 2.25. The maximum atomic E-state index is 13.9. The maximum Gasteiger partial charge on any atom is 0.343 e. The first-order chi connectivity index (χ1) is 12.4. The van der Waals surface area contributed by atoms with Crippen molar-refractivity contribution in [3.05, 3.63) is 79.8 Å². The van der Waals surface area contributed by atoms with Crippen LogP contribution < -0.4 is 5.43 Å². The number of ether oxygens (including phenoxy) is 1. The Morgan fingerprint density at radius 1 is 1.23 bits per heavy atom. The summed E-state index contributed by atoms with van der Waals surface area (Å²) in [5, 5.41) is 0.502. The molecule has 0 N–H and O–H groups in total. The van der Waals surface area contributed by atoms with E-state index >= 15 is 0 Å². The Kier molecular flexibility index (Phi) is 5.30. The summed E-state index contributed by atoms with van der Waals surface area (Å²) in [6.45, 7) is 2.08. The standard InChI is InChI=1S/C19H14Cl2FNO3/c1-2-26-19(25)14-10-23(9-11-4-3-5-12(20)6-11)17-8-15(21)16(22)7-13(17)18(14)24/h3-8,10H,2,9H2,1H3. The van der Waals surface area contributed by atoms with E-state index in [0.29, 0.717) is 17.1 Å². The molecule has 0 aliphatic rings. The van der Waals surface area contributed by atoms with Gasteiger partial charge in [0.2, 0.25) is 5.43 Å². The number of hydrogen-bond acceptors (Lipinski definition) is 3. The summed E-state index contributed by atoms with van der Waals surface area (Å²) in [6, 6.07) is 9.56. The van der Waals surface area contributed by atoms with Crippen molar-refractivity contribution in [2.24, 2.45) is 0 Å². The molecule has 1 aromatic heterocycles. The largest absolute Gasteiger partial charge is 0.462 e. The molecule has 134 valence electrons. The Labute approximate surface area is 158 Å². The summed E-state index contributed by atoms with van der Waals surface area (Å²) in [5.74, 6) is -1.49. The first-order valence-corrected chi connectivity index (χ1v) is 8.60. The molecule has 0 aliphatic heterocycles. The summed E-state index contributed by atoms with van der Waals surface area (Å²) < 4.78 is 20.5. The van der Waals surface area contributed by atoms with Gasteiger partial charge < -0.3 is 9.30 Å². The number of hydrogen-bond donors (Lipinski definition) is 0. The lowest BCUT2D eigenvalue weighted by molar-refractivity contribution is 0.0524. The highest BCUT2D eigenvalue weighted by Gasteiger charge is 2.18. The average molecular weight is 394 g/mol. The highest BCUT2D eigenvalue weighted by atomic mass is 35.5. The van der Waals surface area contributed by atoms with Crippen molar-refractivity contribution in [1.82, 2.24) is 4.57 Å². The third kappa shape index (κ3) is 3.59. The lowest BCUT2D eigenvalue weighted by Gasteiger charge is -2.14. The molecule has 0 radical (unpaired) electrons. The van der Waals surface area contributed by atoms with Crippen LogP contribution in [0.15, 0.2) is 47.4 Å². The van der Waals surface area contributed by atoms with Gasteiger partial charge in [-0.2, -0.15) is 0 Å². The number of rotatable bonds is 4. The quantitative estimate of drug-likeness (QED) is 0.605. The predicted molar refractivity (Wildman–Crippen MR) is 99.7 cm³/mol. The van der Waals surface area contributed by atoms with Crippen LogP contribution in [0.2, 0.25) is 10.0 Å². The summed E-state index contributed by atoms with van der Waals surface area (Å²) in [4.78, 5) is 24.8. The molecule has 3 aromatic rings. The summed E-state index contributed by atoms with van der Waals surface area (Å²) in [6.07, 6.45) is 1.40. The SMILES string of the molecule is CCOC(=O)c1cn(Cc2cccc(Cl)c2)c2cc(Cl)c(F)cc2c1=O. The van der Waals surface area contributed by atoms with E-state index in [-0.39, 0.29) is 22.6 Å². The van der Waals surface area contributed by atoms with Crippen molar-refractivity contribution < 1.29 is 13.9 Å². The molecule has 0 aliphatic carbocycles. The summed E-state index contributed by atoms with van der Waals surface area (Å²) in [5.41, 5.74) is 0.492. The molecule has 0 bridgehead atoms. The topological polar surface area (TPSA) is 48.3 Å². The van der Waals surface area contributed by atoms with Gasteiger partial charge >= 0.3 is 5.97 Å². The van der Waals surface area contributed by atoms with Gasteiger partial charge in [0.1, 0.15) is 11.4 Å². The molecule has 0 saturated heterocycles. The molecule has 0 atom stereocenters. The van der Waals surface area contributed by atoms with Gasteiger partial charge in [0.25, 0.3) is 0 Å². The molecule has 4 nitrogen and oxygen atoms in total. The van der Waals surface area contributed by atoms with Crippen LogP contribution in [-0.4, -0.2) is 17.1 Å². The lowest BCUT2D eigenvalue weighted by Crippen LogP contribution is -2.21. The molecule has 7 heteroatoms. The number of halogens is 3. The van der Waals surface area contributed by atoms with E-state index < -0.39 is 17.2 Å². The number of nitrogens with zero attached hydrogens (tertiary/aromatic N) is 1. The van der Waals surface area contributed by atoms with Gasteiger partial charge in [0, 0.05) is 23.2 Å². The Morgan fingerprint density at radius 2 is 2.00 bits per heavy atom. The Morgan fingerprint density at radius 3 is 2.69 bits per heavy atom. The first-order valence-electron chi connectivity index (χ1n) is 7.84. The summed E-state index contributed by atoms with van der Waals surface area (Å²) in [7, 11) is 0. The van der Waals surface area contributed by atoms with Crippen LogP contribution in [0.1, 0.15) is 22.8 Å². The number of fused-ring (bicyclic) bond motifs is 1. The second kappa shape index (κ2) is 7.48. The van der Waals surface area contributed by atoms with E-state index in [2.05, 4.69) is 0 Å². The predicted octanol–water partition coefficient (Wildman–Crippen LogP) is 4.67. The Hall–Kier alpha value is -2.37. The molecular formula is C19H14Cl2FNO3. The average Bonchev–Trinajstić information content (AvgIpc) is 2.59. The number of pyridine rings is 1. The van der Waals surface area contributed by atoms with Crippen LogP contribution in [0.3, 0.4) is 0 Å². The zero-order chi connectivity index (χ0) is 18.8. The summed E-state index contributed by atoms with van der Waals surface area (Å²) >= 11 is 11.9. The van der Waals surface area contributed by atoms with E-state index in [9.17, 15) is 14.0 Å². The smallest absolute Gasteiger partial charge is 0.343 e. The van der Waals surface area contributed by atoms with E-state index in [4.69, 9.17) is 27.9 Å². The lowest BCUT2D eigenvalue weighted by atomic mass is 10.1. The molecule has 0 unspecified atom stereocenters. The van der Waals surface area contributed by atoms with Crippen LogP contribution in [0.5, 0.6) is 0 Å². The van der Waals surface area contributed by atoms with Gasteiger partial charge in [-0.25, -0.2) is 9.18 Å². The van der Waals surface area contributed by atoms with E-state index in [1.165, 1.54) is 12.3 Å². The minimum absolute atomic E-state index is 0.0551. The van der Waals surface area contributed by atoms with Crippen molar-refractivity contribution in [3.8, 4) is 0 Å². The van der Waals surface area contributed by atoms with Crippen molar-refractivity contribution in [2.75, 3.05) is 6.61 Å². The molecule has 0 fully saturated rings. The second-order valence-electron chi connectivity index (χ2n) is 5.63. The fourth-order valence-electron chi connectivity index (χ4n) is 2.70. The van der Waals surface area contributed by atoms with Crippen molar-refractivity contribution in [2.45, 2.75) is 13.5 Å². The monoisotopic (exact) mass is 393 g/mol. The molecule has 2 aromatic carbocycles. The number of esters is 1. The molecule has 0 saturated carbocycles. The zero-order valence-corrected chi connectivity index (χ0v) is 15.3. The zero-order valence-electron chi connectivity index (χ0n) is 13.8. The fourth-order valence-corrected chi connectivity index (χ4v) is 3.07. The minimum atomic E-state index is -0.755. The highest BCUT2D eigenvalue weighted by Crippen LogP contribution is 2.23. The maximum absolute atomic E-state index is 13.9. The second-order valence-corrected chi connectivity index (χ2v) is 6.48. The number of aromatic nitrogens is 1. The van der Waals surface area contributed by atoms with Crippen molar-refractivity contribution in [1.29, 1.82) is 0 Å². The van der Waals surface area contributed by atoms with E-state index in [0.717, 1.165) is 11.6 Å². The van der Waals surface area contributed by atoms with Crippen LogP contribution in [-0.2, 0) is 11.3 Å². The molecule has 3 rings (SSSR count). The fraction of sp³-hybridized carbons (Fsp3) is 0.158. The number of carbonyl (C=O) groups is 1. The van der Waals surface area contributed by atoms with Crippen molar-refractivity contribution >= 4 is 40.1 Å². The number of benzene rings is 2. The normalized spacial score (nSPS) is 10.9.